The monoisotopic (exact) mass is 406 g/mol. The van der Waals surface area contributed by atoms with Crippen molar-refractivity contribution in [3.8, 4) is 11.5 Å². The first-order valence-corrected chi connectivity index (χ1v) is 8.97. The molecule has 1 fully saturated rings. The summed E-state index contributed by atoms with van der Waals surface area (Å²) in [6.07, 6.45) is 2.79. The number of hydrogen-bond donors (Lipinski definition) is 1. The van der Waals surface area contributed by atoms with Crippen LogP contribution in [0.5, 0.6) is 11.5 Å². The second-order valence-corrected chi connectivity index (χ2v) is 6.90. The number of methoxy groups -OCH3 is 1. The third kappa shape index (κ3) is 7.14. The number of hydrogen-bond acceptors (Lipinski definition) is 4. The number of carbonyl (C=O) groups is 1. The molecule has 8 heteroatoms. The van der Waals surface area contributed by atoms with E-state index in [1.807, 2.05) is 0 Å². The van der Waals surface area contributed by atoms with Gasteiger partial charge in [-0.25, -0.2) is 0 Å². The summed E-state index contributed by atoms with van der Waals surface area (Å²) in [6, 6.07) is 4.81. The van der Waals surface area contributed by atoms with Crippen molar-refractivity contribution in [3.63, 3.8) is 0 Å². The molecule has 1 aromatic carbocycles. The van der Waals surface area contributed by atoms with Crippen LogP contribution in [0, 0.1) is 11.8 Å². The summed E-state index contributed by atoms with van der Waals surface area (Å²) in [4.78, 5) is 14.1. The molecule has 0 radical (unpaired) electrons. The van der Waals surface area contributed by atoms with E-state index >= 15 is 0 Å². The van der Waals surface area contributed by atoms with Gasteiger partial charge < -0.3 is 19.7 Å². The van der Waals surface area contributed by atoms with Crippen molar-refractivity contribution in [2.45, 2.75) is 39.3 Å². The summed E-state index contributed by atoms with van der Waals surface area (Å²) < 4.78 is 34.6. The summed E-state index contributed by atoms with van der Waals surface area (Å²) in [6.45, 7) is 1.54. The van der Waals surface area contributed by atoms with E-state index in [4.69, 9.17) is 4.74 Å². The van der Waals surface area contributed by atoms with Gasteiger partial charge in [-0.3, -0.25) is 4.79 Å². The highest BCUT2D eigenvalue weighted by Crippen LogP contribution is 2.30. The van der Waals surface area contributed by atoms with Crippen molar-refractivity contribution >= 4 is 18.3 Å². The Morgan fingerprint density at radius 2 is 2.11 bits per heavy atom. The molecule has 0 saturated carbocycles. The maximum Gasteiger partial charge on any atom is 0.387 e. The van der Waals surface area contributed by atoms with Crippen LogP contribution in [0.4, 0.5) is 8.78 Å². The van der Waals surface area contributed by atoms with Crippen LogP contribution in [0.3, 0.4) is 0 Å². The van der Waals surface area contributed by atoms with Crippen molar-refractivity contribution in [1.29, 1.82) is 0 Å². The van der Waals surface area contributed by atoms with Crippen LogP contribution in [-0.2, 0) is 11.3 Å². The lowest BCUT2D eigenvalue weighted by molar-refractivity contribution is -0.131. The summed E-state index contributed by atoms with van der Waals surface area (Å²) >= 11 is 0. The molecular weight excluding hydrogens is 378 g/mol. The van der Waals surface area contributed by atoms with E-state index in [9.17, 15) is 13.6 Å². The molecule has 1 N–H and O–H groups in total. The van der Waals surface area contributed by atoms with Crippen LogP contribution >= 0.6 is 12.4 Å². The lowest BCUT2D eigenvalue weighted by atomic mass is 9.85. The van der Waals surface area contributed by atoms with Gasteiger partial charge in [-0.15, -0.1) is 12.4 Å². The number of amides is 1. The molecule has 1 aliphatic rings. The molecule has 2 rings (SSSR count). The number of halogens is 3. The fourth-order valence-corrected chi connectivity index (χ4v) is 3.33. The number of benzene rings is 1. The number of alkyl halides is 2. The first-order chi connectivity index (χ1) is 12.4. The number of nitrogens with one attached hydrogen (secondary N) is 1. The maximum absolute atomic E-state index is 12.5. The molecule has 1 heterocycles. The number of ether oxygens (including phenoxy) is 2. The molecule has 1 amide bonds. The predicted molar refractivity (Wildman–Crippen MR) is 103 cm³/mol. The molecule has 154 valence electrons. The molecule has 0 bridgehead atoms. The van der Waals surface area contributed by atoms with E-state index in [-0.39, 0.29) is 29.8 Å². The van der Waals surface area contributed by atoms with E-state index in [2.05, 4.69) is 17.0 Å². The first kappa shape index (κ1) is 23.4. The Hall–Kier alpha value is -1.60. The van der Waals surface area contributed by atoms with Gasteiger partial charge in [-0.1, -0.05) is 13.0 Å². The van der Waals surface area contributed by atoms with Crippen LogP contribution in [0.2, 0.25) is 0 Å². The zero-order valence-electron chi connectivity index (χ0n) is 16.0. The second-order valence-electron chi connectivity index (χ2n) is 6.90. The minimum Gasteiger partial charge on any atom is -0.493 e. The van der Waals surface area contributed by atoms with Crippen LogP contribution in [0.15, 0.2) is 18.2 Å². The highest BCUT2D eigenvalue weighted by Gasteiger charge is 2.23. The minimum absolute atomic E-state index is 0. The van der Waals surface area contributed by atoms with Crippen LogP contribution in [0.1, 0.15) is 31.7 Å². The highest BCUT2D eigenvalue weighted by molar-refractivity contribution is 5.85. The van der Waals surface area contributed by atoms with Crippen LogP contribution in [-0.4, -0.2) is 44.7 Å². The maximum atomic E-state index is 12.5. The SMILES string of the molecule is COc1ccc(CN(C)C(=O)CC(C)C2CCCNC2)cc1OC(F)F.Cl. The average Bonchev–Trinajstić information content (AvgIpc) is 2.62. The van der Waals surface area contributed by atoms with Gasteiger partial charge in [0.05, 0.1) is 7.11 Å². The fourth-order valence-electron chi connectivity index (χ4n) is 3.33. The number of nitrogens with zero attached hydrogens (tertiary/aromatic N) is 1. The molecule has 0 aliphatic carbocycles. The molecule has 5 nitrogen and oxygen atoms in total. The summed E-state index contributed by atoms with van der Waals surface area (Å²) in [5.74, 6) is 1.10. The molecule has 1 saturated heterocycles. The minimum atomic E-state index is -2.93. The van der Waals surface area contributed by atoms with Gasteiger partial charge >= 0.3 is 6.61 Å². The second kappa shape index (κ2) is 11.3. The van der Waals surface area contributed by atoms with Gasteiger partial charge in [-0.2, -0.15) is 8.78 Å². The quantitative estimate of drug-likeness (QED) is 0.715. The Balaban J connectivity index is 0.00000364. The number of carbonyl (C=O) groups excluding carboxylic acids is 1. The van der Waals surface area contributed by atoms with Gasteiger partial charge in [0.2, 0.25) is 5.91 Å². The predicted octanol–water partition coefficient (Wildman–Crippen LogP) is 3.70. The van der Waals surface area contributed by atoms with Crippen molar-refractivity contribution in [3.05, 3.63) is 23.8 Å². The third-order valence-corrected chi connectivity index (χ3v) is 4.93. The van der Waals surface area contributed by atoms with Gasteiger partial charge in [-0.05, 0) is 55.5 Å². The third-order valence-electron chi connectivity index (χ3n) is 4.93. The Morgan fingerprint density at radius 3 is 2.70 bits per heavy atom. The van der Waals surface area contributed by atoms with E-state index in [0.29, 0.717) is 30.4 Å². The van der Waals surface area contributed by atoms with Gasteiger partial charge in [0.1, 0.15) is 0 Å². The van der Waals surface area contributed by atoms with Crippen molar-refractivity contribution in [2.75, 3.05) is 27.2 Å². The Bertz CT molecular complexity index is 598. The topological polar surface area (TPSA) is 50.8 Å². The van der Waals surface area contributed by atoms with E-state index in [1.54, 1.807) is 24.1 Å². The molecular formula is C19H29ClF2N2O3. The Morgan fingerprint density at radius 1 is 1.37 bits per heavy atom. The molecule has 0 spiro atoms. The average molecular weight is 407 g/mol. The zero-order chi connectivity index (χ0) is 19.1. The van der Waals surface area contributed by atoms with Gasteiger partial charge in [0.15, 0.2) is 11.5 Å². The van der Waals surface area contributed by atoms with E-state index in [0.717, 1.165) is 25.9 Å². The zero-order valence-corrected chi connectivity index (χ0v) is 16.9. The van der Waals surface area contributed by atoms with Crippen molar-refractivity contribution < 1.29 is 23.0 Å². The standard InChI is InChI=1S/C19H28F2N2O3.ClH/c1-13(15-5-4-8-22-11-15)9-18(24)23(2)12-14-6-7-16(25-3)17(10-14)26-19(20)21;/h6-7,10,13,15,19,22H,4-5,8-9,11-12H2,1-3H3;1H. The lowest BCUT2D eigenvalue weighted by Crippen LogP contribution is -2.36. The Labute approximate surface area is 165 Å². The smallest absolute Gasteiger partial charge is 0.387 e. The van der Waals surface area contributed by atoms with Crippen LogP contribution < -0.4 is 14.8 Å². The summed E-state index contributed by atoms with van der Waals surface area (Å²) in [5.41, 5.74) is 0.712. The van der Waals surface area contributed by atoms with Gasteiger partial charge in [0, 0.05) is 20.0 Å². The molecule has 2 atom stereocenters. The number of rotatable bonds is 8. The Kier molecular flexibility index (Phi) is 9.80. The normalized spacial score (nSPS) is 17.8. The highest BCUT2D eigenvalue weighted by atomic mass is 35.5. The van der Waals surface area contributed by atoms with Gasteiger partial charge in [0.25, 0.3) is 0 Å². The first-order valence-electron chi connectivity index (χ1n) is 8.97. The summed E-state index contributed by atoms with van der Waals surface area (Å²) in [7, 11) is 3.12. The molecule has 0 aromatic heterocycles. The number of piperidine rings is 1. The van der Waals surface area contributed by atoms with Crippen molar-refractivity contribution in [1.82, 2.24) is 10.2 Å². The molecule has 27 heavy (non-hydrogen) atoms. The van der Waals surface area contributed by atoms with Crippen molar-refractivity contribution in [2.24, 2.45) is 11.8 Å². The largest absolute Gasteiger partial charge is 0.493 e. The van der Waals surface area contributed by atoms with E-state index < -0.39 is 6.61 Å². The lowest BCUT2D eigenvalue weighted by Gasteiger charge is -2.29. The molecule has 1 aromatic rings. The van der Waals surface area contributed by atoms with Crippen LogP contribution in [0.25, 0.3) is 0 Å². The fraction of sp³-hybridized carbons (Fsp3) is 0.632. The molecule has 2 unspecified atom stereocenters. The summed E-state index contributed by atoms with van der Waals surface area (Å²) in [5, 5.41) is 3.38. The molecule has 1 aliphatic heterocycles. The van der Waals surface area contributed by atoms with E-state index in [1.165, 1.54) is 13.2 Å².